The van der Waals surface area contributed by atoms with E-state index in [9.17, 15) is 4.79 Å². The Morgan fingerprint density at radius 1 is 1.64 bits per heavy atom. The van der Waals surface area contributed by atoms with Gasteiger partial charge in [-0.05, 0) is 0 Å². The fourth-order valence-electron chi connectivity index (χ4n) is 1.23. The number of thioether (sulfide) groups is 1. The second-order valence-electron chi connectivity index (χ2n) is 2.90. The third-order valence-electron chi connectivity index (χ3n) is 1.93. The van der Waals surface area contributed by atoms with Gasteiger partial charge in [0.25, 0.3) is 0 Å². The van der Waals surface area contributed by atoms with E-state index in [2.05, 4.69) is 15.3 Å². The van der Waals surface area contributed by atoms with Gasteiger partial charge in [-0.3, -0.25) is 20.1 Å². The lowest BCUT2D eigenvalue weighted by molar-refractivity contribution is -0.138. The molecule has 1 aliphatic rings. The number of carbonyl (C=O) groups is 1. The van der Waals surface area contributed by atoms with E-state index in [0.717, 1.165) is 5.69 Å². The SMILES string of the molecule is O=C(O)[C@@H]1CSC(c2cnccn2)N1. The number of carboxylic acid groups (broad SMARTS) is 1. The number of carboxylic acids is 1. The zero-order valence-corrected chi connectivity index (χ0v) is 8.07. The maximum atomic E-state index is 10.7. The van der Waals surface area contributed by atoms with Crippen molar-refractivity contribution in [2.45, 2.75) is 11.4 Å². The maximum absolute atomic E-state index is 10.7. The molecule has 6 heteroatoms. The molecule has 14 heavy (non-hydrogen) atoms. The summed E-state index contributed by atoms with van der Waals surface area (Å²) in [6.45, 7) is 0. The van der Waals surface area contributed by atoms with E-state index in [1.165, 1.54) is 11.8 Å². The Hall–Kier alpha value is -1.14. The van der Waals surface area contributed by atoms with E-state index in [4.69, 9.17) is 5.11 Å². The van der Waals surface area contributed by atoms with Crippen molar-refractivity contribution in [3.8, 4) is 0 Å². The quantitative estimate of drug-likeness (QED) is 0.731. The minimum Gasteiger partial charge on any atom is -0.480 e. The van der Waals surface area contributed by atoms with Crippen molar-refractivity contribution in [3.05, 3.63) is 24.3 Å². The van der Waals surface area contributed by atoms with Crippen molar-refractivity contribution in [1.29, 1.82) is 0 Å². The molecule has 1 aliphatic heterocycles. The third-order valence-corrected chi connectivity index (χ3v) is 3.17. The minimum absolute atomic E-state index is 0.0511. The largest absolute Gasteiger partial charge is 0.480 e. The summed E-state index contributed by atoms with van der Waals surface area (Å²) in [6, 6.07) is -0.480. The van der Waals surface area contributed by atoms with Crippen molar-refractivity contribution in [2.24, 2.45) is 0 Å². The Balaban J connectivity index is 2.06. The van der Waals surface area contributed by atoms with E-state index in [-0.39, 0.29) is 5.37 Å². The first-order valence-electron chi connectivity index (χ1n) is 4.14. The number of nitrogens with one attached hydrogen (secondary N) is 1. The van der Waals surface area contributed by atoms with E-state index in [1.54, 1.807) is 18.6 Å². The average molecular weight is 211 g/mol. The first-order valence-corrected chi connectivity index (χ1v) is 5.18. The van der Waals surface area contributed by atoms with Gasteiger partial charge < -0.3 is 5.11 Å². The van der Waals surface area contributed by atoms with Gasteiger partial charge in [-0.1, -0.05) is 0 Å². The summed E-state index contributed by atoms with van der Waals surface area (Å²) in [5, 5.41) is 11.7. The molecule has 0 aromatic carbocycles. The van der Waals surface area contributed by atoms with Crippen molar-refractivity contribution < 1.29 is 9.90 Å². The molecule has 74 valence electrons. The van der Waals surface area contributed by atoms with Crippen LogP contribution in [0.1, 0.15) is 11.1 Å². The van der Waals surface area contributed by atoms with Gasteiger partial charge in [0.2, 0.25) is 0 Å². The minimum atomic E-state index is -0.816. The molecule has 5 nitrogen and oxygen atoms in total. The molecule has 0 bridgehead atoms. The highest BCUT2D eigenvalue weighted by Gasteiger charge is 2.30. The molecule has 1 fully saturated rings. The summed E-state index contributed by atoms with van der Waals surface area (Å²) in [5.41, 5.74) is 0.779. The van der Waals surface area contributed by atoms with Gasteiger partial charge >= 0.3 is 5.97 Å². The fraction of sp³-hybridized carbons (Fsp3) is 0.375. The Bertz CT molecular complexity index is 333. The molecule has 0 amide bonds. The molecule has 1 unspecified atom stereocenters. The van der Waals surface area contributed by atoms with Gasteiger partial charge in [-0.15, -0.1) is 11.8 Å². The number of nitrogens with zero attached hydrogens (tertiary/aromatic N) is 2. The van der Waals surface area contributed by atoms with Crippen LogP contribution < -0.4 is 5.32 Å². The predicted molar refractivity (Wildman–Crippen MR) is 51.8 cm³/mol. The molecule has 0 saturated carbocycles. The van der Waals surface area contributed by atoms with E-state index in [0.29, 0.717) is 5.75 Å². The zero-order chi connectivity index (χ0) is 9.97. The Morgan fingerprint density at radius 3 is 3.07 bits per heavy atom. The number of hydrogen-bond acceptors (Lipinski definition) is 5. The van der Waals surface area contributed by atoms with Gasteiger partial charge in [-0.25, -0.2) is 0 Å². The average Bonchev–Trinajstić information content (AvgIpc) is 2.68. The predicted octanol–water partition coefficient (Wildman–Crippen LogP) is 0.265. The van der Waals surface area contributed by atoms with Crippen LogP contribution in [0.2, 0.25) is 0 Å². The fourth-order valence-corrected chi connectivity index (χ4v) is 2.41. The third kappa shape index (κ3) is 1.85. The second kappa shape index (κ2) is 3.93. The topological polar surface area (TPSA) is 75.1 Å². The summed E-state index contributed by atoms with van der Waals surface area (Å²) >= 11 is 1.54. The molecular weight excluding hydrogens is 202 g/mol. The first-order chi connectivity index (χ1) is 6.77. The second-order valence-corrected chi connectivity index (χ2v) is 4.04. The van der Waals surface area contributed by atoms with Crippen LogP contribution in [0.5, 0.6) is 0 Å². The lowest BCUT2D eigenvalue weighted by Crippen LogP contribution is -2.33. The summed E-state index contributed by atoms with van der Waals surface area (Å²) in [7, 11) is 0. The monoisotopic (exact) mass is 211 g/mol. The van der Waals surface area contributed by atoms with Crippen LogP contribution in [0.15, 0.2) is 18.6 Å². The maximum Gasteiger partial charge on any atom is 0.321 e. The summed E-state index contributed by atoms with van der Waals surface area (Å²) < 4.78 is 0. The molecule has 1 aromatic heterocycles. The number of aliphatic carboxylic acids is 1. The van der Waals surface area contributed by atoms with Crippen LogP contribution in [0.4, 0.5) is 0 Å². The van der Waals surface area contributed by atoms with Crippen LogP contribution in [-0.4, -0.2) is 32.8 Å². The Morgan fingerprint density at radius 2 is 2.50 bits per heavy atom. The molecule has 2 atom stereocenters. The molecule has 2 heterocycles. The Kier molecular flexibility index (Phi) is 2.64. The molecule has 1 aromatic rings. The number of rotatable bonds is 2. The number of hydrogen-bond donors (Lipinski definition) is 2. The highest BCUT2D eigenvalue weighted by Crippen LogP contribution is 2.30. The van der Waals surface area contributed by atoms with Crippen LogP contribution in [0.25, 0.3) is 0 Å². The van der Waals surface area contributed by atoms with E-state index >= 15 is 0 Å². The molecular formula is C8H9N3O2S. The van der Waals surface area contributed by atoms with Gasteiger partial charge in [0.15, 0.2) is 0 Å². The number of aromatic nitrogens is 2. The van der Waals surface area contributed by atoms with Crippen molar-refractivity contribution in [1.82, 2.24) is 15.3 Å². The zero-order valence-electron chi connectivity index (χ0n) is 7.25. The Labute approximate surface area is 85.0 Å². The standard InChI is InChI=1S/C8H9N3O2S/c12-8(13)6-4-14-7(11-6)5-3-9-1-2-10-5/h1-3,6-7,11H,4H2,(H,12,13)/t6-,7?/m0/s1. The summed E-state index contributed by atoms with van der Waals surface area (Å²) in [5.74, 6) is -0.250. The van der Waals surface area contributed by atoms with Gasteiger partial charge in [0.1, 0.15) is 6.04 Å². The molecule has 2 N–H and O–H groups in total. The van der Waals surface area contributed by atoms with Crippen LogP contribution in [0.3, 0.4) is 0 Å². The molecule has 1 saturated heterocycles. The van der Waals surface area contributed by atoms with Crippen molar-refractivity contribution >= 4 is 17.7 Å². The summed E-state index contributed by atoms with van der Waals surface area (Å²) in [4.78, 5) is 18.7. The lowest BCUT2D eigenvalue weighted by atomic mass is 10.3. The van der Waals surface area contributed by atoms with Crippen molar-refractivity contribution in [2.75, 3.05) is 5.75 Å². The molecule has 0 spiro atoms. The molecule has 0 radical (unpaired) electrons. The molecule has 0 aliphatic carbocycles. The summed E-state index contributed by atoms with van der Waals surface area (Å²) in [6.07, 6.45) is 4.85. The van der Waals surface area contributed by atoms with E-state index in [1.807, 2.05) is 0 Å². The van der Waals surface area contributed by atoms with Crippen LogP contribution in [-0.2, 0) is 4.79 Å². The smallest absolute Gasteiger partial charge is 0.321 e. The highest BCUT2D eigenvalue weighted by atomic mass is 32.2. The normalized spacial score (nSPS) is 26.3. The van der Waals surface area contributed by atoms with Crippen molar-refractivity contribution in [3.63, 3.8) is 0 Å². The van der Waals surface area contributed by atoms with Gasteiger partial charge in [0.05, 0.1) is 17.3 Å². The highest BCUT2D eigenvalue weighted by molar-refractivity contribution is 7.99. The first kappa shape index (κ1) is 9.42. The van der Waals surface area contributed by atoms with Gasteiger partial charge in [0, 0.05) is 18.1 Å². The van der Waals surface area contributed by atoms with E-state index < -0.39 is 12.0 Å². The lowest BCUT2D eigenvalue weighted by Gasteiger charge is -2.08. The molecule has 2 rings (SSSR count). The van der Waals surface area contributed by atoms with Crippen LogP contribution in [0, 0.1) is 0 Å². The van der Waals surface area contributed by atoms with Gasteiger partial charge in [-0.2, -0.15) is 0 Å². The van der Waals surface area contributed by atoms with Crippen LogP contribution >= 0.6 is 11.8 Å².